The van der Waals surface area contributed by atoms with Crippen LogP contribution < -0.4 is 10.6 Å². The highest BCUT2D eigenvalue weighted by atomic mass is 15.4. The van der Waals surface area contributed by atoms with Crippen molar-refractivity contribution in [3.05, 3.63) is 65.7 Å². The van der Waals surface area contributed by atoms with E-state index in [4.69, 9.17) is 0 Å². The molecule has 1 saturated heterocycles. The number of benzene rings is 2. The van der Waals surface area contributed by atoms with E-state index in [9.17, 15) is 0 Å². The molecule has 2 aliphatic heterocycles. The van der Waals surface area contributed by atoms with Crippen molar-refractivity contribution >= 4 is 12.0 Å². The highest BCUT2D eigenvalue weighted by Gasteiger charge is 2.43. The van der Waals surface area contributed by atoms with Crippen LogP contribution in [0.25, 0.3) is 0 Å². The second-order valence-electron chi connectivity index (χ2n) is 5.73. The highest BCUT2D eigenvalue weighted by molar-refractivity contribution is 5.71. The average molecular weight is 292 g/mol. The van der Waals surface area contributed by atoms with Gasteiger partial charge in [0.25, 0.3) is 0 Å². The Morgan fingerprint density at radius 1 is 0.909 bits per heavy atom. The Morgan fingerprint density at radius 2 is 1.64 bits per heavy atom. The van der Waals surface area contributed by atoms with Crippen molar-refractivity contribution in [1.29, 1.82) is 0 Å². The van der Waals surface area contributed by atoms with Crippen LogP contribution >= 0.6 is 0 Å². The molecule has 4 nitrogen and oxygen atoms in total. The third-order valence-corrected chi connectivity index (χ3v) is 4.55. The summed E-state index contributed by atoms with van der Waals surface area (Å²) in [6, 6.07) is 19.1. The molecule has 0 bridgehead atoms. The molecule has 1 fully saturated rings. The number of para-hydroxylation sites is 1. The fourth-order valence-corrected chi connectivity index (χ4v) is 3.53. The molecule has 2 aliphatic rings. The van der Waals surface area contributed by atoms with Crippen molar-refractivity contribution in [3.63, 3.8) is 0 Å². The third kappa shape index (κ3) is 2.03. The van der Waals surface area contributed by atoms with Crippen LogP contribution in [0.1, 0.15) is 11.1 Å². The molecule has 0 amide bonds. The summed E-state index contributed by atoms with van der Waals surface area (Å²) in [7, 11) is 0. The van der Waals surface area contributed by atoms with Crippen LogP contribution in [0.5, 0.6) is 0 Å². The molecule has 4 rings (SSSR count). The number of nitrogens with zero attached hydrogens (tertiary/aromatic N) is 2. The van der Waals surface area contributed by atoms with Crippen LogP contribution in [0.2, 0.25) is 0 Å². The molecule has 0 saturated carbocycles. The molecule has 112 valence electrons. The van der Waals surface area contributed by atoms with Gasteiger partial charge in [0.05, 0.1) is 12.0 Å². The van der Waals surface area contributed by atoms with Crippen LogP contribution in [-0.2, 0) is 5.66 Å². The van der Waals surface area contributed by atoms with Crippen molar-refractivity contribution < 1.29 is 0 Å². The lowest BCUT2D eigenvalue weighted by molar-refractivity contribution is 0.0919. The van der Waals surface area contributed by atoms with Gasteiger partial charge in [-0.25, -0.2) is 4.99 Å². The van der Waals surface area contributed by atoms with E-state index in [0.29, 0.717) is 0 Å². The van der Waals surface area contributed by atoms with Crippen molar-refractivity contribution in [2.24, 2.45) is 4.99 Å². The Balaban J connectivity index is 1.92. The second kappa shape index (κ2) is 5.55. The number of hydrogen-bond acceptors (Lipinski definition) is 4. The Bertz CT molecular complexity index is 676. The normalized spacial score (nSPS) is 24.5. The van der Waals surface area contributed by atoms with Crippen LogP contribution in [0, 0.1) is 0 Å². The number of fused-ring (bicyclic) bond motifs is 1. The zero-order valence-electron chi connectivity index (χ0n) is 12.5. The smallest absolute Gasteiger partial charge is 0.146 e. The van der Waals surface area contributed by atoms with Crippen LogP contribution in [0.3, 0.4) is 0 Å². The van der Waals surface area contributed by atoms with E-state index in [1.807, 2.05) is 6.34 Å². The summed E-state index contributed by atoms with van der Waals surface area (Å²) in [5, 5.41) is 7.02. The van der Waals surface area contributed by atoms with Gasteiger partial charge in [-0.1, -0.05) is 48.5 Å². The van der Waals surface area contributed by atoms with E-state index in [0.717, 1.165) is 31.9 Å². The molecule has 0 spiro atoms. The summed E-state index contributed by atoms with van der Waals surface area (Å²) < 4.78 is 0. The molecule has 0 aromatic heterocycles. The molecule has 4 heteroatoms. The van der Waals surface area contributed by atoms with E-state index in [1.54, 1.807) is 0 Å². The first-order valence-electron chi connectivity index (χ1n) is 7.82. The largest absolute Gasteiger partial charge is 0.350 e. The lowest BCUT2D eigenvalue weighted by Crippen LogP contribution is -2.62. The van der Waals surface area contributed by atoms with Gasteiger partial charge in [-0.2, -0.15) is 0 Å². The highest BCUT2D eigenvalue weighted by Crippen LogP contribution is 2.40. The number of nitrogens with one attached hydrogen (secondary N) is 2. The molecular weight excluding hydrogens is 272 g/mol. The van der Waals surface area contributed by atoms with Crippen LogP contribution in [0.15, 0.2) is 59.6 Å². The Labute approximate surface area is 130 Å². The van der Waals surface area contributed by atoms with Crippen molar-refractivity contribution in [1.82, 2.24) is 15.5 Å². The minimum Gasteiger partial charge on any atom is -0.350 e. The maximum absolute atomic E-state index is 4.53. The monoisotopic (exact) mass is 292 g/mol. The zero-order valence-corrected chi connectivity index (χ0v) is 12.5. The van der Waals surface area contributed by atoms with Gasteiger partial charge in [0, 0.05) is 31.7 Å². The van der Waals surface area contributed by atoms with Gasteiger partial charge in [0.2, 0.25) is 0 Å². The summed E-state index contributed by atoms with van der Waals surface area (Å²) in [6.45, 7) is 4.03. The second-order valence-corrected chi connectivity index (χ2v) is 5.73. The minimum absolute atomic E-state index is 0.332. The predicted octanol–water partition coefficient (Wildman–Crippen LogP) is 2.06. The maximum Gasteiger partial charge on any atom is 0.146 e. The van der Waals surface area contributed by atoms with Crippen molar-refractivity contribution in [2.75, 3.05) is 26.2 Å². The molecule has 0 radical (unpaired) electrons. The molecule has 0 aliphatic carbocycles. The first kappa shape index (κ1) is 13.5. The first-order valence-corrected chi connectivity index (χ1v) is 7.82. The first-order chi connectivity index (χ1) is 10.9. The Morgan fingerprint density at radius 3 is 2.45 bits per heavy atom. The number of hydrogen-bond donors (Lipinski definition) is 2. The lowest BCUT2D eigenvalue weighted by atomic mass is 9.87. The predicted molar refractivity (Wildman–Crippen MR) is 89.4 cm³/mol. The number of aliphatic imine (C=N–C) groups is 1. The molecular formula is C18H20N4. The molecule has 1 atom stereocenters. The van der Waals surface area contributed by atoms with Gasteiger partial charge in [-0.15, -0.1) is 0 Å². The fourth-order valence-electron chi connectivity index (χ4n) is 3.53. The summed E-state index contributed by atoms with van der Waals surface area (Å²) >= 11 is 0. The van der Waals surface area contributed by atoms with Crippen LogP contribution in [0.4, 0.5) is 5.69 Å². The summed E-state index contributed by atoms with van der Waals surface area (Å²) in [5.41, 5.74) is 3.20. The maximum atomic E-state index is 4.53. The zero-order chi connectivity index (χ0) is 14.8. The van der Waals surface area contributed by atoms with Gasteiger partial charge in [0.15, 0.2) is 0 Å². The van der Waals surface area contributed by atoms with E-state index in [2.05, 4.69) is 75.1 Å². The standard InChI is InChI=1S/C18H20N4/c1-2-6-15(7-3-1)18(22-12-10-19-11-13-22)16-8-4-5-9-17(16)20-14-21-18/h1-9,14,19H,10-13H2,(H,20,21). The van der Waals surface area contributed by atoms with Gasteiger partial charge >= 0.3 is 0 Å². The van der Waals surface area contributed by atoms with Gasteiger partial charge in [0.1, 0.15) is 5.66 Å². The molecule has 2 aromatic carbocycles. The molecule has 22 heavy (non-hydrogen) atoms. The average Bonchev–Trinajstić information content (AvgIpc) is 2.63. The minimum atomic E-state index is -0.332. The SMILES string of the molecule is C1=Nc2ccccc2C(c2ccccc2)(N2CCNCC2)N1. The van der Waals surface area contributed by atoms with Gasteiger partial charge in [-0.3, -0.25) is 4.90 Å². The van der Waals surface area contributed by atoms with E-state index < -0.39 is 0 Å². The topological polar surface area (TPSA) is 39.7 Å². The fraction of sp³-hybridized carbons (Fsp3) is 0.278. The molecule has 2 heterocycles. The number of rotatable bonds is 2. The third-order valence-electron chi connectivity index (χ3n) is 4.55. The van der Waals surface area contributed by atoms with Crippen molar-refractivity contribution in [2.45, 2.75) is 5.66 Å². The van der Waals surface area contributed by atoms with Crippen molar-refractivity contribution in [3.8, 4) is 0 Å². The van der Waals surface area contributed by atoms with E-state index in [1.165, 1.54) is 11.1 Å². The number of piperazine rings is 1. The van der Waals surface area contributed by atoms with E-state index >= 15 is 0 Å². The molecule has 2 N–H and O–H groups in total. The Kier molecular flexibility index (Phi) is 3.41. The lowest BCUT2D eigenvalue weighted by Gasteiger charge is -2.48. The summed E-state index contributed by atoms with van der Waals surface area (Å²) in [4.78, 5) is 7.05. The summed E-state index contributed by atoms with van der Waals surface area (Å²) in [5.74, 6) is 0. The van der Waals surface area contributed by atoms with Gasteiger partial charge in [-0.05, 0) is 11.6 Å². The quantitative estimate of drug-likeness (QED) is 0.890. The van der Waals surface area contributed by atoms with E-state index in [-0.39, 0.29) is 5.66 Å². The molecule has 1 unspecified atom stereocenters. The summed E-state index contributed by atoms with van der Waals surface area (Å²) in [6.07, 6.45) is 1.84. The van der Waals surface area contributed by atoms with Crippen LogP contribution in [-0.4, -0.2) is 37.4 Å². The van der Waals surface area contributed by atoms with Gasteiger partial charge < -0.3 is 10.6 Å². The Hall–Kier alpha value is -2.17. The molecule has 2 aromatic rings.